The first-order chi connectivity index (χ1) is 14.2. The summed E-state index contributed by atoms with van der Waals surface area (Å²) >= 11 is 1.40. The summed E-state index contributed by atoms with van der Waals surface area (Å²) in [6.45, 7) is 6.82. The van der Waals surface area contributed by atoms with Crippen LogP contribution in [0.2, 0.25) is 0 Å². The molecule has 29 heavy (non-hydrogen) atoms. The molecule has 0 saturated carbocycles. The predicted molar refractivity (Wildman–Crippen MR) is 114 cm³/mol. The van der Waals surface area contributed by atoms with Crippen LogP contribution < -0.4 is 10.1 Å². The molecule has 1 N–H and O–H groups in total. The van der Waals surface area contributed by atoms with E-state index in [2.05, 4.69) is 25.6 Å². The standard InChI is InChI=1S/C22H28N4O2S/c27-22(23-18-12-25-7-3-14(18)4-8-25)21-17-2-1-16(11-20(17)29-24-21)28-19-13-26-9-5-15(19)6-10-26/h1-2,11,14-15,18-19H,3-10,12-13H2,(H,23,27)/t18-,19?/m1/s1. The normalized spacial score (nSPS) is 35.7. The highest BCUT2D eigenvalue weighted by Crippen LogP contribution is 2.33. The molecule has 0 aliphatic carbocycles. The average Bonchev–Trinajstić information content (AvgIpc) is 3.19. The molecule has 6 fully saturated rings. The molecule has 1 aromatic carbocycles. The molecule has 4 bridgehead atoms. The van der Waals surface area contributed by atoms with Crippen molar-refractivity contribution in [3.05, 3.63) is 23.9 Å². The minimum atomic E-state index is -0.0268. The molecule has 0 spiro atoms. The van der Waals surface area contributed by atoms with Crippen LogP contribution in [0.4, 0.5) is 0 Å². The number of fused-ring (bicyclic) bond motifs is 7. The van der Waals surface area contributed by atoms with Crippen molar-refractivity contribution in [2.75, 3.05) is 39.3 Å². The van der Waals surface area contributed by atoms with Gasteiger partial charge in [-0.3, -0.25) is 9.69 Å². The first-order valence-corrected chi connectivity index (χ1v) is 11.8. The lowest BCUT2D eigenvalue weighted by Gasteiger charge is -2.44. The Morgan fingerprint density at radius 3 is 2.41 bits per heavy atom. The van der Waals surface area contributed by atoms with Crippen LogP contribution in [0.3, 0.4) is 0 Å². The molecule has 7 heteroatoms. The van der Waals surface area contributed by atoms with Crippen LogP contribution in [-0.4, -0.2) is 71.5 Å². The van der Waals surface area contributed by atoms with E-state index in [4.69, 9.17) is 4.74 Å². The summed E-state index contributed by atoms with van der Waals surface area (Å²) in [5.74, 6) is 2.18. The third-order valence-electron chi connectivity index (χ3n) is 7.51. The first kappa shape index (κ1) is 18.1. The van der Waals surface area contributed by atoms with Gasteiger partial charge in [0.25, 0.3) is 5.91 Å². The molecular weight excluding hydrogens is 384 g/mol. The van der Waals surface area contributed by atoms with Crippen molar-refractivity contribution >= 4 is 27.5 Å². The summed E-state index contributed by atoms with van der Waals surface area (Å²) in [6.07, 6.45) is 5.18. The Labute approximate surface area is 175 Å². The van der Waals surface area contributed by atoms with E-state index in [0.717, 1.165) is 28.9 Å². The molecule has 6 nitrogen and oxygen atoms in total. The third kappa shape index (κ3) is 3.33. The van der Waals surface area contributed by atoms with E-state index in [1.165, 1.54) is 63.4 Å². The maximum atomic E-state index is 12.9. The van der Waals surface area contributed by atoms with Crippen molar-refractivity contribution in [2.24, 2.45) is 11.8 Å². The minimum absolute atomic E-state index is 0.0268. The van der Waals surface area contributed by atoms with E-state index < -0.39 is 0 Å². The number of nitrogens with one attached hydrogen (secondary N) is 1. The molecule has 2 atom stereocenters. The number of piperidine rings is 6. The Kier molecular flexibility index (Phi) is 4.50. The Morgan fingerprint density at radius 2 is 1.76 bits per heavy atom. The topological polar surface area (TPSA) is 57.7 Å². The molecule has 6 saturated heterocycles. The molecule has 1 aromatic heterocycles. The van der Waals surface area contributed by atoms with Gasteiger partial charge in [-0.2, -0.15) is 4.37 Å². The Balaban J connectivity index is 1.17. The Hall–Kier alpha value is -1.70. The van der Waals surface area contributed by atoms with Gasteiger partial charge in [-0.25, -0.2) is 0 Å². The number of carbonyl (C=O) groups excluding carboxylic acids is 1. The maximum absolute atomic E-state index is 12.9. The quantitative estimate of drug-likeness (QED) is 0.837. The Morgan fingerprint density at radius 1 is 1.03 bits per heavy atom. The molecule has 2 aromatic rings. The number of benzene rings is 1. The van der Waals surface area contributed by atoms with Gasteiger partial charge in [0.05, 0.1) is 4.70 Å². The summed E-state index contributed by atoms with van der Waals surface area (Å²) in [4.78, 5) is 17.9. The number of hydrogen-bond acceptors (Lipinski definition) is 6. The van der Waals surface area contributed by atoms with Crippen molar-refractivity contribution in [1.82, 2.24) is 19.5 Å². The first-order valence-electron chi connectivity index (χ1n) is 11.0. The van der Waals surface area contributed by atoms with E-state index in [9.17, 15) is 4.79 Å². The fourth-order valence-electron chi connectivity index (χ4n) is 5.74. The molecular formula is C22H28N4O2S. The molecule has 1 unspecified atom stereocenters. The molecule has 8 rings (SSSR count). The highest BCUT2D eigenvalue weighted by atomic mass is 32.1. The smallest absolute Gasteiger partial charge is 0.271 e. The number of aromatic nitrogens is 1. The summed E-state index contributed by atoms with van der Waals surface area (Å²) in [7, 11) is 0. The van der Waals surface area contributed by atoms with Crippen molar-refractivity contribution < 1.29 is 9.53 Å². The van der Waals surface area contributed by atoms with Crippen molar-refractivity contribution in [3.63, 3.8) is 0 Å². The predicted octanol–water partition coefficient (Wildman–Crippen LogP) is 2.59. The monoisotopic (exact) mass is 412 g/mol. The van der Waals surface area contributed by atoms with E-state index in [1.54, 1.807) is 0 Å². The van der Waals surface area contributed by atoms with Crippen LogP contribution in [0.15, 0.2) is 18.2 Å². The fraction of sp³-hybridized carbons (Fsp3) is 0.636. The van der Waals surface area contributed by atoms with E-state index in [0.29, 0.717) is 23.6 Å². The zero-order valence-corrected chi connectivity index (χ0v) is 17.5. The lowest BCUT2D eigenvalue weighted by molar-refractivity contribution is -0.00768. The van der Waals surface area contributed by atoms with Crippen molar-refractivity contribution in [2.45, 2.75) is 37.8 Å². The molecule has 7 heterocycles. The van der Waals surface area contributed by atoms with E-state index >= 15 is 0 Å². The van der Waals surface area contributed by atoms with E-state index in [-0.39, 0.29) is 11.9 Å². The van der Waals surface area contributed by atoms with Crippen LogP contribution in [0.1, 0.15) is 36.2 Å². The zero-order chi connectivity index (χ0) is 19.4. The van der Waals surface area contributed by atoms with Crippen molar-refractivity contribution in [1.29, 1.82) is 0 Å². The SMILES string of the molecule is O=C(N[C@@H]1CN2CCC1CC2)c1nsc2cc(OC3CN4CCC3CC4)ccc12. The third-order valence-corrected chi connectivity index (χ3v) is 8.32. The van der Waals surface area contributed by atoms with Gasteiger partial charge in [0.2, 0.25) is 0 Å². The Bertz CT molecular complexity index is 915. The molecule has 0 radical (unpaired) electrons. The van der Waals surface area contributed by atoms with Crippen LogP contribution in [0.25, 0.3) is 10.1 Å². The van der Waals surface area contributed by atoms with Crippen LogP contribution >= 0.6 is 11.5 Å². The number of amides is 1. The highest BCUT2D eigenvalue weighted by molar-refractivity contribution is 7.13. The second kappa shape index (κ2) is 7.22. The molecule has 6 aliphatic rings. The zero-order valence-electron chi connectivity index (χ0n) is 16.7. The molecule has 6 aliphatic heterocycles. The van der Waals surface area contributed by atoms with Gasteiger partial charge >= 0.3 is 0 Å². The fourth-order valence-corrected chi connectivity index (χ4v) is 6.54. The second-order valence-electron chi connectivity index (χ2n) is 9.20. The number of rotatable bonds is 4. The number of hydrogen-bond donors (Lipinski definition) is 1. The van der Waals surface area contributed by atoms with Crippen molar-refractivity contribution in [3.8, 4) is 5.75 Å². The molecule has 1 amide bonds. The minimum Gasteiger partial charge on any atom is -0.489 e. The van der Waals surface area contributed by atoms with Crippen LogP contribution in [0.5, 0.6) is 5.75 Å². The van der Waals surface area contributed by atoms with Gasteiger partial charge < -0.3 is 15.0 Å². The van der Waals surface area contributed by atoms with E-state index in [1.807, 2.05) is 12.1 Å². The lowest BCUT2D eigenvalue weighted by atomic mass is 9.84. The summed E-state index contributed by atoms with van der Waals surface area (Å²) in [6, 6.07) is 6.36. The number of ether oxygens (including phenoxy) is 1. The largest absolute Gasteiger partial charge is 0.489 e. The lowest BCUT2D eigenvalue weighted by Crippen LogP contribution is -2.57. The maximum Gasteiger partial charge on any atom is 0.271 e. The summed E-state index contributed by atoms with van der Waals surface area (Å²) in [5, 5.41) is 4.21. The summed E-state index contributed by atoms with van der Waals surface area (Å²) in [5.41, 5.74) is 0.566. The van der Waals surface area contributed by atoms with Crippen LogP contribution in [0, 0.1) is 11.8 Å². The van der Waals surface area contributed by atoms with Gasteiger partial charge in [-0.15, -0.1) is 0 Å². The molecule has 154 valence electrons. The number of carbonyl (C=O) groups is 1. The second-order valence-corrected chi connectivity index (χ2v) is 10.0. The highest BCUT2D eigenvalue weighted by Gasteiger charge is 2.36. The van der Waals surface area contributed by atoms with Crippen LogP contribution in [-0.2, 0) is 0 Å². The van der Waals surface area contributed by atoms with Gasteiger partial charge in [-0.1, -0.05) is 0 Å². The van der Waals surface area contributed by atoms with Gasteiger partial charge in [-0.05, 0) is 93.4 Å². The summed E-state index contributed by atoms with van der Waals surface area (Å²) < 4.78 is 11.9. The van der Waals surface area contributed by atoms with Gasteiger partial charge in [0.15, 0.2) is 0 Å². The van der Waals surface area contributed by atoms with Gasteiger partial charge in [0.1, 0.15) is 17.5 Å². The average molecular weight is 413 g/mol. The van der Waals surface area contributed by atoms with Gasteiger partial charge in [0, 0.05) is 24.5 Å². The number of nitrogens with zero attached hydrogens (tertiary/aromatic N) is 3.